The fourth-order valence-electron chi connectivity index (χ4n) is 2.32. The molecule has 1 aromatic rings. The van der Waals surface area contributed by atoms with Crippen molar-refractivity contribution in [2.45, 2.75) is 26.7 Å². The van der Waals surface area contributed by atoms with Crippen molar-refractivity contribution < 1.29 is 0 Å². The van der Waals surface area contributed by atoms with Gasteiger partial charge in [-0.15, -0.1) is 0 Å². The predicted octanol–water partition coefficient (Wildman–Crippen LogP) is 2.43. The highest BCUT2D eigenvalue weighted by atomic mass is 15.5. The molecule has 1 rings (SSSR count). The molecule has 0 fully saturated rings. The molecule has 0 saturated heterocycles. The first kappa shape index (κ1) is 17.2. The number of benzene rings is 1. The van der Waals surface area contributed by atoms with Gasteiger partial charge in [-0.05, 0) is 44.0 Å². The van der Waals surface area contributed by atoms with E-state index in [9.17, 15) is 0 Å². The molecule has 0 aliphatic rings. The first-order chi connectivity index (χ1) is 9.51. The molecule has 0 spiro atoms. The van der Waals surface area contributed by atoms with Crippen LogP contribution in [-0.2, 0) is 12.8 Å². The molecule has 0 heterocycles. The summed E-state index contributed by atoms with van der Waals surface area (Å²) in [6.07, 6.45) is 2.23. The summed E-state index contributed by atoms with van der Waals surface area (Å²) < 4.78 is 0. The molecule has 114 valence electrons. The standard InChI is InChI=1S/C17H31N3/c1-15(2)14-19(4)12-10-16-6-8-17(9-7-16)11-13-20(5)18-3/h6-9,15,18H,10-14H2,1-5H3. The van der Waals surface area contributed by atoms with Gasteiger partial charge in [-0.25, -0.2) is 5.01 Å². The van der Waals surface area contributed by atoms with Gasteiger partial charge in [-0.3, -0.25) is 5.43 Å². The Hall–Kier alpha value is -0.900. The topological polar surface area (TPSA) is 18.5 Å². The minimum Gasteiger partial charge on any atom is -0.306 e. The summed E-state index contributed by atoms with van der Waals surface area (Å²) in [5, 5.41) is 2.11. The van der Waals surface area contributed by atoms with E-state index in [-0.39, 0.29) is 0 Å². The van der Waals surface area contributed by atoms with Crippen LogP contribution in [0.3, 0.4) is 0 Å². The second-order valence-corrected chi connectivity index (χ2v) is 6.12. The zero-order valence-electron chi connectivity index (χ0n) is 13.8. The molecule has 3 nitrogen and oxygen atoms in total. The maximum atomic E-state index is 3.12. The van der Waals surface area contributed by atoms with Crippen LogP contribution in [0, 0.1) is 5.92 Å². The van der Waals surface area contributed by atoms with Gasteiger partial charge in [0.05, 0.1) is 0 Å². The molecule has 0 bridgehead atoms. The van der Waals surface area contributed by atoms with Crippen LogP contribution >= 0.6 is 0 Å². The van der Waals surface area contributed by atoms with Crippen LogP contribution in [-0.4, -0.2) is 50.7 Å². The van der Waals surface area contributed by atoms with E-state index in [1.807, 2.05) is 7.05 Å². The highest BCUT2D eigenvalue weighted by Crippen LogP contribution is 2.07. The van der Waals surface area contributed by atoms with Crippen molar-refractivity contribution in [3.63, 3.8) is 0 Å². The van der Waals surface area contributed by atoms with Gasteiger partial charge in [-0.2, -0.15) is 0 Å². The average Bonchev–Trinajstić information content (AvgIpc) is 2.43. The minimum atomic E-state index is 0.742. The van der Waals surface area contributed by atoms with Gasteiger partial charge in [0.25, 0.3) is 0 Å². The zero-order valence-corrected chi connectivity index (χ0v) is 13.8. The lowest BCUT2D eigenvalue weighted by atomic mass is 10.1. The van der Waals surface area contributed by atoms with E-state index in [0.717, 1.165) is 31.8 Å². The second kappa shape index (κ2) is 9.11. The van der Waals surface area contributed by atoms with E-state index < -0.39 is 0 Å². The molecule has 0 aliphatic heterocycles. The Morgan fingerprint density at radius 1 is 0.950 bits per heavy atom. The van der Waals surface area contributed by atoms with Crippen molar-refractivity contribution in [2.75, 3.05) is 40.8 Å². The number of likely N-dealkylation sites (N-methyl/N-ethyl adjacent to an activating group) is 2. The SMILES string of the molecule is CNN(C)CCc1ccc(CCN(C)CC(C)C)cc1. The maximum Gasteiger partial charge on any atom is 0.0168 e. The Labute approximate surface area is 124 Å². The van der Waals surface area contributed by atoms with Crippen molar-refractivity contribution in [1.29, 1.82) is 0 Å². The Bertz CT molecular complexity index is 359. The van der Waals surface area contributed by atoms with Crippen LogP contribution in [0.25, 0.3) is 0 Å². The van der Waals surface area contributed by atoms with Crippen molar-refractivity contribution in [3.05, 3.63) is 35.4 Å². The maximum absolute atomic E-state index is 3.12. The Morgan fingerprint density at radius 2 is 1.45 bits per heavy atom. The molecular formula is C17H31N3. The van der Waals surface area contributed by atoms with Gasteiger partial charge in [0.15, 0.2) is 0 Å². The molecule has 0 saturated carbocycles. The predicted molar refractivity (Wildman–Crippen MR) is 87.9 cm³/mol. The summed E-state index contributed by atoms with van der Waals surface area (Å²) in [6.45, 7) is 7.89. The van der Waals surface area contributed by atoms with Crippen LogP contribution in [0.15, 0.2) is 24.3 Å². The van der Waals surface area contributed by atoms with Gasteiger partial charge < -0.3 is 4.90 Å². The molecule has 0 radical (unpaired) electrons. The smallest absolute Gasteiger partial charge is 0.0168 e. The molecule has 0 aliphatic carbocycles. The first-order valence-electron chi connectivity index (χ1n) is 7.66. The fourth-order valence-corrected chi connectivity index (χ4v) is 2.32. The first-order valence-corrected chi connectivity index (χ1v) is 7.66. The average molecular weight is 277 g/mol. The highest BCUT2D eigenvalue weighted by Gasteiger charge is 2.02. The second-order valence-electron chi connectivity index (χ2n) is 6.12. The summed E-state index contributed by atoms with van der Waals surface area (Å²) in [6, 6.07) is 9.08. The number of hydrogen-bond donors (Lipinski definition) is 1. The summed E-state index contributed by atoms with van der Waals surface area (Å²) in [7, 11) is 6.23. The number of rotatable bonds is 9. The van der Waals surface area contributed by atoms with Crippen molar-refractivity contribution >= 4 is 0 Å². The van der Waals surface area contributed by atoms with E-state index >= 15 is 0 Å². The van der Waals surface area contributed by atoms with Crippen LogP contribution in [0.5, 0.6) is 0 Å². The van der Waals surface area contributed by atoms with E-state index in [4.69, 9.17) is 0 Å². The molecular weight excluding hydrogens is 246 g/mol. The van der Waals surface area contributed by atoms with Crippen LogP contribution in [0.2, 0.25) is 0 Å². The summed E-state index contributed by atoms with van der Waals surface area (Å²) in [4.78, 5) is 2.42. The van der Waals surface area contributed by atoms with Crippen molar-refractivity contribution in [1.82, 2.24) is 15.3 Å². The summed E-state index contributed by atoms with van der Waals surface area (Å²) >= 11 is 0. The molecule has 3 heteroatoms. The third kappa shape index (κ3) is 7.04. The molecule has 0 atom stereocenters. The van der Waals surface area contributed by atoms with E-state index in [1.165, 1.54) is 17.7 Å². The van der Waals surface area contributed by atoms with Gasteiger partial charge in [0.2, 0.25) is 0 Å². The lowest BCUT2D eigenvalue weighted by molar-refractivity contribution is 0.264. The normalized spacial score (nSPS) is 11.8. The summed E-state index contributed by atoms with van der Waals surface area (Å²) in [5.74, 6) is 0.742. The van der Waals surface area contributed by atoms with Crippen LogP contribution in [0.4, 0.5) is 0 Å². The van der Waals surface area contributed by atoms with Gasteiger partial charge in [0, 0.05) is 26.7 Å². The summed E-state index contributed by atoms with van der Waals surface area (Å²) in [5.41, 5.74) is 5.97. The third-order valence-electron chi connectivity index (χ3n) is 3.60. The fraction of sp³-hybridized carbons (Fsp3) is 0.647. The monoisotopic (exact) mass is 277 g/mol. The number of nitrogens with one attached hydrogen (secondary N) is 1. The van der Waals surface area contributed by atoms with Gasteiger partial charge in [-0.1, -0.05) is 38.1 Å². The third-order valence-corrected chi connectivity index (χ3v) is 3.60. The quantitative estimate of drug-likeness (QED) is 0.699. The molecule has 0 aromatic heterocycles. The largest absolute Gasteiger partial charge is 0.306 e. The molecule has 1 N–H and O–H groups in total. The van der Waals surface area contributed by atoms with Gasteiger partial charge in [0.1, 0.15) is 0 Å². The van der Waals surface area contributed by atoms with E-state index in [1.54, 1.807) is 0 Å². The number of hydrazine groups is 1. The Kier molecular flexibility index (Phi) is 7.82. The van der Waals surface area contributed by atoms with Crippen molar-refractivity contribution in [3.8, 4) is 0 Å². The number of hydrogen-bond acceptors (Lipinski definition) is 3. The highest BCUT2D eigenvalue weighted by molar-refractivity contribution is 5.23. The molecule has 1 aromatic carbocycles. The molecule has 0 amide bonds. The zero-order chi connectivity index (χ0) is 15.0. The Morgan fingerprint density at radius 3 is 1.90 bits per heavy atom. The van der Waals surface area contributed by atoms with E-state index in [2.05, 4.69) is 67.5 Å². The van der Waals surface area contributed by atoms with Crippen LogP contribution < -0.4 is 5.43 Å². The number of nitrogens with zero attached hydrogens (tertiary/aromatic N) is 2. The van der Waals surface area contributed by atoms with Crippen molar-refractivity contribution in [2.24, 2.45) is 5.92 Å². The van der Waals surface area contributed by atoms with E-state index in [0.29, 0.717) is 0 Å². The molecule has 0 unspecified atom stereocenters. The van der Waals surface area contributed by atoms with Crippen LogP contribution in [0.1, 0.15) is 25.0 Å². The minimum absolute atomic E-state index is 0.742. The lowest BCUT2D eigenvalue weighted by Crippen LogP contribution is -2.32. The molecule has 20 heavy (non-hydrogen) atoms. The van der Waals surface area contributed by atoms with Gasteiger partial charge >= 0.3 is 0 Å². The Balaban J connectivity index is 2.35. The lowest BCUT2D eigenvalue weighted by Gasteiger charge is -2.19.